The van der Waals surface area contributed by atoms with Crippen LogP contribution in [-0.4, -0.2) is 43.5 Å². The van der Waals surface area contributed by atoms with Crippen molar-refractivity contribution in [3.63, 3.8) is 0 Å². The number of anilines is 1. The number of amides is 1. The molecule has 0 unspecified atom stereocenters. The van der Waals surface area contributed by atoms with Crippen molar-refractivity contribution in [3.8, 4) is 0 Å². The third-order valence-electron chi connectivity index (χ3n) is 2.55. The summed E-state index contributed by atoms with van der Waals surface area (Å²) in [5.41, 5.74) is 0.723. The first kappa shape index (κ1) is 14.1. The Hall–Kier alpha value is -2.35. The maximum atomic E-state index is 12.0. The number of aromatic amines is 1. The van der Waals surface area contributed by atoms with E-state index in [9.17, 15) is 13.2 Å². The first-order chi connectivity index (χ1) is 9.40. The van der Waals surface area contributed by atoms with Gasteiger partial charge in [0, 0.05) is 31.5 Å². The minimum absolute atomic E-state index is 0.0295. The Morgan fingerprint density at radius 1 is 1.35 bits per heavy atom. The molecule has 1 heterocycles. The molecule has 2 rings (SSSR count). The standard InChI is InChI=1S/C12H14N4O3S/c1-16(2)12(17)9-4-3-5-10(6-9)15-20(18,19)11-7-13-14-8-11/h3-8,15H,1-2H3,(H,13,14). The molecule has 0 aliphatic heterocycles. The number of sulfonamides is 1. The Balaban J connectivity index is 2.27. The molecule has 1 aromatic heterocycles. The van der Waals surface area contributed by atoms with Gasteiger partial charge in [0.1, 0.15) is 4.90 Å². The van der Waals surface area contributed by atoms with Gasteiger partial charge in [0.05, 0.1) is 6.20 Å². The third kappa shape index (κ3) is 2.97. The average molecular weight is 294 g/mol. The lowest BCUT2D eigenvalue weighted by Gasteiger charge is -2.12. The predicted octanol–water partition coefficient (Wildman–Crippen LogP) is 0.912. The number of hydrogen-bond donors (Lipinski definition) is 2. The maximum Gasteiger partial charge on any atom is 0.265 e. The molecule has 106 valence electrons. The molecule has 0 radical (unpaired) electrons. The molecule has 1 amide bonds. The van der Waals surface area contributed by atoms with Gasteiger partial charge in [-0.2, -0.15) is 5.10 Å². The summed E-state index contributed by atoms with van der Waals surface area (Å²) < 4.78 is 26.4. The number of rotatable bonds is 4. The van der Waals surface area contributed by atoms with Crippen LogP contribution in [0.2, 0.25) is 0 Å². The molecule has 8 heteroatoms. The number of carbonyl (C=O) groups excluding carboxylic acids is 1. The number of nitrogens with one attached hydrogen (secondary N) is 2. The van der Waals surface area contributed by atoms with Crippen molar-refractivity contribution >= 4 is 21.6 Å². The van der Waals surface area contributed by atoms with Gasteiger partial charge in [0.15, 0.2) is 0 Å². The van der Waals surface area contributed by atoms with Crippen LogP contribution in [0.15, 0.2) is 41.6 Å². The van der Waals surface area contributed by atoms with Crippen molar-refractivity contribution < 1.29 is 13.2 Å². The lowest BCUT2D eigenvalue weighted by molar-refractivity contribution is 0.0827. The summed E-state index contributed by atoms with van der Waals surface area (Å²) in [6.45, 7) is 0. The molecule has 0 fully saturated rings. The lowest BCUT2D eigenvalue weighted by Crippen LogP contribution is -2.22. The number of carbonyl (C=O) groups is 1. The summed E-state index contributed by atoms with van der Waals surface area (Å²) in [4.78, 5) is 13.3. The monoisotopic (exact) mass is 294 g/mol. The molecule has 0 saturated carbocycles. The molecule has 0 spiro atoms. The maximum absolute atomic E-state index is 12.0. The molecular weight excluding hydrogens is 280 g/mol. The van der Waals surface area contributed by atoms with Gasteiger partial charge in [-0.25, -0.2) is 8.42 Å². The SMILES string of the molecule is CN(C)C(=O)c1cccc(NS(=O)(=O)c2cn[nH]c2)c1. The Kier molecular flexibility index (Phi) is 3.75. The summed E-state index contributed by atoms with van der Waals surface area (Å²) in [5, 5.41) is 6.03. The van der Waals surface area contributed by atoms with E-state index in [4.69, 9.17) is 0 Å². The van der Waals surface area contributed by atoms with Crippen LogP contribution in [0, 0.1) is 0 Å². The quantitative estimate of drug-likeness (QED) is 0.876. The molecule has 0 bridgehead atoms. The first-order valence-electron chi connectivity index (χ1n) is 5.73. The normalized spacial score (nSPS) is 11.1. The summed E-state index contributed by atoms with van der Waals surface area (Å²) in [6.07, 6.45) is 2.48. The molecule has 2 aromatic rings. The Morgan fingerprint density at radius 2 is 2.10 bits per heavy atom. The number of hydrogen-bond acceptors (Lipinski definition) is 4. The van der Waals surface area contributed by atoms with Crippen LogP contribution in [0.4, 0.5) is 5.69 Å². The van der Waals surface area contributed by atoms with Crippen LogP contribution in [-0.2, 0) is 10.0 Å². The molecule has 20 heavy (non-hydrogen) atoms. The van der Waals surface area contributed by atoms with Crippen molar-refractivity contribution in [1.82, 2.24) is 15.1 Å². The van der Waals surface area contributed by atoms with Crippen LogP contribution >= 0.6 is 0 Å². The minimum atomic E-state index is -3.70. The summed E-state index contributed by atoms with van der Waals surface area (Å²) in [6, 6.07) is 6.30. The topological polar surface area (TPSA) is 95.2 Å². The molecule has 0 saturated heterocycles. The molecule has 0 atom stereocenters. The van der Waals surface area contributed by atoms with Gasteiger partial charge in [-0.05, 0) is 18.2 Å². The smallest absolute Gasteiger partial charge is 0.265 e. The fourth-order valence-electron chi connectivity index (χ4n) is 1.57. The first-order valence-corrected chi connectivity index (χ1v) is 7.22. The van der Waals surface area contributed by atoms with Crippen LogP contribution in [0.25, 0.3) is 0 Å². The van der Waals surface area contributed by atoms with Gasteiger partial charge in [-0.1, -0.05) is 6.07 Å². The highest BCUT2D eigenvalue weighted by Crippen LogP contribution is 2.16. The van der Waals surface area contributed by atoms with Gasteiger partial charge < -0.3 is 4.90 Å². The molecule has 0 aliphatic rings. The van der Waals surface area contributed by atoms with E-state index in [1.54, 1.807) is 32.3 Å². The lowest BCUT2D eigenvalue weighted by atomic mass is 10.2. The van der Waals surface area contributed by atoms with E-state index < -0.39 is 10.0 Å². The van der Waals surface area contributed by atoms with Crippen molar-refractivity contribution in [2.24, 2.45) is 0 Å². The van der Waals surface area contributed by atoms with E-state index in [1.165, 1.54) is 23.4 Å². The van der Waals surface area contributed by atoms with E-state index in [0.29, 0.717) is 11.3 Å². The van der Waals surface area contributed by atoms with Crippen LogP contribution in [0.5, 0.6) is 0 Å². The number of benzene rings is 1. The second-order valence-corrected chi connectivity index (χ2v) is 6.00. The second-order valence-electron chi connectivity index (χ2n) is 4.32. The zero-order chi connectivity index (χ0) is 14.8. The third-order valence-corrected chi connectivity index (χ3v) is 3.90. The van der Waals surface area contributed by atoms with Crippen molar-refractivity contribution in [3.05, 3.63) is 42.2 Å². The van der Waals surface area contributed by atoms with Crippen LogP contribution in [0.1, 0.15) is 10.4 Å². The molecule has 7 nitrogen and oxygen atoms in total. The minimum Gasteiger partial charge on any atom is -0.345 e. The zero-order valence-corrected chi connectivity index (χ0v) is 11.8. The predicted molar refractivity (Wildman–Crippen MR) is 73.9 cm³/mol. The largest absolute Gasteiger partial charge is 0.345 e. The number of nitrogens with zero attached hydrogens (tertiary/aromatic N) is 2. The van der Waals surface area contributed by atoms with E-state index in [-0.39, 0.29) is 10.8 Å². The van der Waals surface area contributed by atoms with E-state index in [0.717, 1.165) is 0 Å². The molecule has 0 aliphatic carbocycles. The van der Waals surface area contributed by atoms with Crippen molar-refractivity contribution in [2.75, 3.05) is 18.8 Å². The summed E-state index contributed by atoms with van der Waals surface area (Å²) >= 11 is 0. The Labute approximate surface area is 116 Å². The van der Waals surface area contributed by atoms with E-state index in [1.807, 2.05) is 0 Å². The van der Waals surface area contributed by atoms with Gasteiger partial charge in [0.25, 0.3) is 15.9 Å². The molecule has 2 N–H and O–H groups in total. The highest BCUT2D eigenvalue weighted by atomic mass is 32.2. The molecule has 1 aromatic carbocycles. The number of aromatic nitrogens is 2. The fourth-order valence-corrected chi connectivity index (χ4v) is 2.53. The van der Waals surface area contributed by atoms with E-state index in [2.05, 4.69) is 14.9 Å². The summed E-state index contributed by atoms with van der Waals surface area (Å²) in [7, 11) is -0.442. The summed E-state index contributed by atoms with van der Waals surface area (Å²) in [5.74, 6) is -0.200. The zero-order valence-electron chi connectivity index (χ0n) is 11.0. The van der Waals surface area contributed by atoms with Gasteiger partial charge >= 0.3 is 0 Å². The van der Waals surface area contributed by atoms with Crippen LogP contribution < -0.4 is 4.72 Å². The fraction of sp³-hybridized carbons (Fsp3) is 0.167. The number of H-pyrrole nitrogens is 1. The van der Waals surface area contributed by atoms with Gasteiger partial charge in [-0.3, -0.25) is 14.6 Å². The Morgan fingerprint density at radius 3 is 2.70 bits per heavy atom. The Bertz CT molecular complexity index is 708. The highest BCUT2D eigenvalue weighted by Gasteiger charge is 2.16. The van der Waals surface area contributed by atoms with Crippen molar-refractivity contribution in [1.29, 1.82) is 0 Å². The van der Waals surface area contributed by atoms with Gasteiger partial charge in [0.2, 0.25) is 0 Å². The van der Waals surface area contributed by atoms with Gasteiger partial charge in [-0.15, -0.1) is 0 Å². The average Bonchev–Trinajstić information content (AvgIpc) is 2.92. The highest BCUT2D eigenvalue weighted by molar-refractivity contribution is 7.92. The van der Waals surface area contributed by atoms with Crippen molar-refractivity contribution in [2.45, 2.75) is 4.90 Å². The van der Waals surface area contributed by atoms with E-state index >= 15 is 0 Å². The second kappa shape index (κ2) is 5.33. The van der Waals surface area contributed by atoms with Crippen LogP contribution in [0.3, 0.4) is 0 Å². The molecular formula is C12H14N4O3S.